The number of urea groups is 1. The van der Waals surface area contributed by atoms with E-state index < -0.39 is 6.03 Å². The molecule has 0 radical (unpaired) electrons. The number of hydrogen-bond donors (Lipinski definition) is 2. The number of likely N-dealkylation sites (tertiary alicyclic amines) is 1. The molecule has 0 saturated carbocycles. The van der Waals surface area contributed by atoms with Crippen LogP contribution in [0.2, 0.25) is 0 Å². The van der Waals surface area contributed by atoms with Gasteiger partial charge in [-0.25, -0.2) is 4.79 Å². The zero-order valence-electron chi connectivity index (χ0n) is 14.7. The number of Topliss-reactive ketones (excluding diaryl/α,β-unsaturated/α-hetero) is 1. The van der Waals surface area contributed by atoms with E-state index >= 15 is 0 Å². The molecule has 2 N–H and O–H groups in total. The van der Waals surface area contributed by atoms with Gasteiger partial charge in [0.2, 0.25) is 5.91 Å². The van der Waals surface area contributed by atoms with Gasteiger partial charge >= 0.3 is 6.03 Å². The highest BCUT2D eigenvalue weighted by molar-refractivity contribution is 5.98. The van der Waals surface area contributed by atoms with Gasteiger partial charge in [-0.2, -0.15) is 0 Å². The summed E-state index contributed by atoms with van der Waals surface area (Å²) in [4.78, 5) is 37.6. The van der Waals surface area contributed by atoms with Crippen LogP contribution < -0.4 is 20.1 Å². The maximum Gasteiger partial charge on any atom is 0.321 e. The number of ether oxygens (including phenoxy) is 2. The lowest BCUT2D eigenvalue weighted by molar-refractivity contribution is -0.121. The number of carbonyl (C=O) groups excluding carboxylic acids is 3. The van der Waals surface area contributed by atoms with E-state index in [0.717, 1.165) is 0 Å². The Morgan fingerprint density at radius 3 is 2.50 bits per heavy atom. The highest BCUT2D eigenvalue weighted by Crippen LogP contribution is 2.32. The van der Waals surface area contributed by atoms with Gasteiger partial charge in [-0.1, -0.05) is 0 Å². The Hall–Kier alpha value is -2.61. The van der Waals surface area contributed by atoms with Crippen molar-refractivity contribution in [2.24, 2.45) is 5.92 Å². The summed E-state index contributed by atoms with van der Waals surface area (Å²) in [5.41, 5.74) is 0.630. The molecule has 0 aliphatic carbocycles. The lowest BCUT2D eigenvalue weighted by Crippen LogP contribution is -2.46. The summed E-state index contributed by atoms with van der Waals surface area (Å²) in [6.45, 7) is 2.44. The van der Waals surface area contributed by atoms with Gasteiger partial charge in [0.25, 0.3) is 0 Å². The molecule has 8 heteroatoms. The third kappa shape index (κ3) is 4.32. The van der Waals surface area contributed by atoms with Gasteiger partial charge in [0, 0.05) is 18.5 Å². The molecule has 8 nitrogen and oxygen atoms in total. The van der Waals surface area contributed by atoms with Crippen molar-refractivity contribution in [3.63, 3.8) is 0 Å². The number of fused-ring (bicyclic) bond motifs is 1. The third-order valence-corrected chi connectivity index (χ3v) is 4.63. The van der Waals surface area contributed by atoms with E-state index in [1.807, 2.05) is 4.90 Å². The highest BCUT2D eigenvalue weighted by atomic mass is 16.6. The summed E-state index contributed by atoms with van der Waals surface area (Å²) in [7, 11) is 1.46. The summed E-state index contributed by atoms with van der Waals surface area (Å²) in [6, 6.07) is 4.79. The van der Waals surface area contributed by atoms with Crippen molar-refractivity contribution in [1.82, 2.24) is 15.5 Å². The van der Waals surface area contributed by atoms with Crippen LogP contribution in [0.25, 0.3) is 0 Å². The number of ketones is 1. The van der Waals surface area contributed by atoms with Crippen molar-refractivity contribution in [3.8, 4) is 11.5 Å². The first-order valence-electron chi connectivity index (χ1n) is 8.74. The molecule has 0 aromatic heterocycles. The predicted octanol–water partition coefficient (Wildman–Crippen LogP) is 0.808. The van der Waals surface area contributed by atoms with Crippen LogP contribution in [-0.4, -0.2) is 62.5 Å². The smallest absolute Gasteiger partial charge is 0.321 e. The van der Waals surface area contributed by atoms with Gasteiger partial charge in [0.1, 0.15) is 13.2 Å². The average molecular weight is 361 g/mol. The van der Waals surface area contributed by atoms with Crippen LogP contribution in [0.4, 0.5) is 4.79 Å². The van der Waals surface area contributed by atoms with Crippen molar-refractivity contribution in [1.29, 1.82) is 0 Å². The van der Waals surface area contributed by atoms with Gasteiger partial charge in [0.05, 0.1) is 6.54 Å². The van der Waals surface area contributed by atoms with E-state index in [4.69, 9.17) is 9.47 Å². The molecule has 1 aromatic carbocycles. The third-order valence-electron chi connectivity index (χ3n) is 4.63. The number of carbonyl (C=O) groups is 3. The second-order valence-corrected chi connectivity index (χ2v) is 6.40. The summed E-state index contributed by atoms with van der Waals surface area (Å²) in [5.74, 6) is 0.961. The number of piperidine rings is 1. The van der Waals surface area contributed by atoms with Crippen LogP contribution in [-0.2, 0) is 4.79 Å². The molecule has 0 atom stereocenters. The van der Waals surface area contributed by atoms with E-state index in [0.29, 0.717) is 56.2 Å². The SMILES string of the molecule is CNC(=O)NC(=O)CN1CCC(C(=O)c2ccc3c(c2)OCCO3)CC1. The second-order valence-electron chi connectivity index (χ2n) is 6.40. The number of benzene rings is 1. The molecule has 2 aliphatic rings. The predicted molar refractivity (Wildman–Crippen MR) is 93.5 cm³/mol. The molecule has 0 spiro atoms. The van der Waals surface area contributed by atoms with Gasteiger partial charge in [-0.3, -0.25) is 19.8 Å². The number of imide groups is 1. The van der Waals surface area contributed by atoms with E-state index in [9.17, 15) is 14.4 Å². The van der Waals surface area contributed by atoms with Gasteiger partial charge in [-0.15, -0.1) is 0 Å². The summed E-state index contributed by atoms with van der Waals surface area (Å²) in [6.07, 6.45) is 1.36. The van der Waals surface area contributed by atoms with Crippen molar-refractivity contribution >= 4 is 17.7 Å². The first-order chi connectivity index (χ1) is 12.6. The number of nitrogens with one attached hydrogen (secondary N) is 2. The molecular formula is C18H23N3O5. The minimum absolute atomic E-state index is 0.0733. The number of hydrogen-bond acceptors (Lipinski definition) is 6. The maximum atomic E-state index is 12.8. The van der Waals surface area contributed by atoms with E-state index in [1.165, 1.54) is 7.05 Å². The van der Waals surface area contributed by atoms with Crippen LogP contribution in [0.3, 0.4) is 0 Å². The minimum atomic E-state index is -0.515. The molecule has 2 aliphatic heterocycles. The number of amides is 3. The van der Waals surface area contributed by atoms with E-state index in [2.05, 4.69) is 10.6 Å². The Morgan fingerprint density at radius 2 is 1.81 bits per heavy atom. The molecule has 1 aromatic rings. The standard InChI is InChI=1S/C18H23N3O5/c1-19-18(24)20-16(22)11-21-6-4-12(5-7-21)17(23)13-2-3-14-15(10-13)26-9-8-25-14/h2-3,10,12H,4-9,11H2,1H3,(H2,19,20,22,24). The molecule has 3 amide bonds. The molecule has 3 rings (SSSR count). The largest absolute Gasteiger partial charge is 0.486 e. The first-order valence-corrected chi connectivity index (χ1v) is 8.74. The number of rotatable bonds is 4. The molecular weight excluding hydrogens is 338 g/mol. The van der Waals surface area contributed by atoms with Crippen molar-refractivity contribution in [2.45, 2.75) is 12.8 Å². The van der Waals surface area contributed by atoms with Crippen molar-refractivity contribution in [3.05, 3.63) is 23.8 Å². The first kappa shape index (κ1) is 18.2. The zero-order valence-corrected chi connectivity index (χ0v) is 14.7. The fourth-order valence-electron chi connectivity index (χ4n) is 3.22. The molecule has 1 fully saturated rings. The summed E-state index contributed by atoms with van der Waals surface area (Å²) >= 11 is 0. The van der Waals surface area contributed by atoms with Gasteiger partial charge in [-0.05, 0) is 44.1 Å². The Labute approximate surface area is 151 Å². The Balaban J connectivity index is 1.52. The van der Waals surface area contributed by atoms with Crippen LogP contribution in [0.15, 0.2) is 18.2 Å². The quantitative estimate of drug-likeness (QED) is 0.771. The van der Waals surface area contributed by atoms with E-state index in [1.54, 1.807) is 18.2 Å². The van der Waals surface area contributed by atoms with Crippen molar-refractivity contribution < 1.29 is 23.9 Å². The number of nitrogens with zero attached hydrogens (tertiary/aromatic N) is 1. The van der Waals surface area contributed by atoms with Gasteiger partial charge in [0.15, 0.2) is 17.3 Å². The van der Waals surface area contributed by atoms with Crippen LogP contribution in [0, 0.1) is 5.92 Å². The maximum absolute atomic E-state index is 12.8. The Morgan fingerprint density at radius 1 is 1.12 bits per heavy atom. The topological polar surface area (TPSA) is 97.0 Å². The van der Waals surface area contributed by atoms with Crippen LogP contribution >= 0.6 is 0 Å². The normalized spacial score (nSPS) is 17.4. The Bertz CT molecular complexity index is 698. The molecule has 1 saturated heterocycles. The average Bonchev–Trinajstić information content (AvgIpc) is 2.67. The fraction of sp³-hybridized carbons (Fsp3) is 0.500. The monoisotopic (exact) mass is 361 g/mol. The summed E-state index contributed by atoms with van der Waals surface area (Å²) in [5, 5.41) is 4.58. The molecule has 140 valence electrons. The fourth-order valence-corrected chi connectivity index (χ4v) is 3.22. The molecule has 0 bridgehead atoms. The zero-order chi connectivity index (χ0) is 18.5. The molecule has 26 heavy (non-hydrogen) atoms. The van der Waals surface area contributed by atoms with Crippen molar-refractivity contribution in [2.75, 3.05) is 39.9 Å². The van der Waals surface area contributed by atoms with Crippen LogP contribution in [0.1, 0.15) is 23.2 Å². The lowest BCUT2D eigenvalue weighted by atomic mass is 9.88. The highest BCUT2D eigenvalue weighted by Gasteiger charge is 2.27. The minimum Gasteiger partial charge on any atom is -0.486 e. The Kier molecular flexibility index (Phi) is 5.72. The molecule has 0 unspecified atom stereocenters. The van der Waals surface area contributed by atoms with E-state index in [-0.39, 0.29) is 24.2 Å². The lowest BCUT2D eigenvalue weighted by Gasteiger charge is -2.30. The van der Waals surface area contributed by atoms with Gasteiger partial charge < -0.3 is 14.8 Å². The summed E-state index contributed by atoms with van der Waals surface area (Å²) < 4.78 is 11.0. The second kappa shape index (κ2) is 8.18. The van der Waals surface area contributed by atoms with Crippen LogP contribution in [0.5, 0.6) is 11.5 Å². The molecule has 2 heterocycles.